The fraction of sp³-hybridized carbons (Fsp3) is 0.500. The highest BCUT2D eigenvalue weighted by atomic mass is 35.5. The molecule has 0 aliphatic heterocycles. The SMILES string of the molecule is CCCN=C(NCC)N(C)Cc1ccccc1Cl. The topological polar surface area (TPSA) is 27.6 Å². The standard InChI is InChI=1S/C14H22ClN3/c1-4-10-17-14(16-5-2)18(3)11-12-8-6-7-9-13(12)15/h6-9H,4-5,10-11H2,1-3H3,(H,16,17). The van der Waals surface area contributed by atoms with Crippen LogP contribution < -0.4 is 5.32 Å². The van der Waals surface area contributed by atoms with Crippen molar-refractivity contribution in [3.63, 3.8) is 0 Å². The van der Waals surface area contributed by atoms with E-state index in [-0.39, 0.29) is 0 Å². The average molecular weight is 268 g/mol. The molecular weight excluding hydrogens is 246 g/mol. The number of hydrogen-bond acceptors (Lipinski definition) is 1. The lowest BCUT2D eigenvalue weighted by Crippen LogP contribution is -2.38. The van der Waals surface area contributed by atoms with Gasteiger partial charge in [0.2, 0.25) is 0 Å². The quantitative estimate of drug-likeness (QED) is 0.656. The molecule has 0 saturated carbocycles. The Morgan fingerprint density at radius 2 is 2.06 bits per heavy atom. The lowest BCUT2D eigenvalue weighted by Gasteiger charge is -2.22. The Morgan fingerprint density at radius 3 is 2.67 bits per heavy atom. The first-order valence-corrected chi connectivity index (χ1v) is 6.79. The van der Waals surface area contributed by atoms with Crippen LogP contribution in [0.3, 0.4) is 0 Å². The van der Waals surface area contributed by atoms with Crippen LogP contribution in [0.15, 0.2) is 29.3 Å². The number of halogens is 1. The van der Waals surface area contributed by atoms with Crippen molar-refractivity contribution in [1.29, 1.82) is 0 Å². The van der Waals surface area contributed by atoms with E-state index < -0.39 is 0 Å². The third kappa shape index (κ3) is 4.57. The van der Waals surface area contributed by atoms with Crippen LogP contribution in [0.1, 0.15) is 25.8 Å². The molecule has 0 spiro atoms. The first-order chi connectivity index (χ1) is 8.69. The van der Waals surface area contributed by atoms with Crippen LogP contribution in [0.4, 0.5) is 0 Å². The number of hydrogen-bond donors (Lipinski definition) is 1. The molecule has 1 N–H and O–H groups in total. The average Bonchev–Trinajstić information content (AvgIpc) is 2.37. The molecular formula is C14H22ClN3. The molecule has 18 heavy (non-hydrogen) atoms. The maximum Gasteiger partial charge on any atom is 0.193 e. The number of rotatable bonds is 5. The summed E-state index contributed by atoms with van der Waals surface area (Å²) in [6.45, 7) is 6.67. The Bertz CT molecular complexity index is 390. The Morgan fingerprint density at radius 1 is 1.33 bits per heavy atom. The van der Waals surface area contributed by atoms with E-state index >= 15 is 0 Å². The van der Waals surface area contributed by atoms with E-state index in [0.717, 1.165) is 42.6 Å². The Kier molecular flexibility index (Phi) is 6.58. The maximum absolute atomic E-state index is 6.17. The molecule has 0 radical (unpaired) electrons. The van der Waals surface area contributed by atoms with E-state index in [0.29, 0.717) is 0 Å². The van der Waals surface area contributed by atoms with Crippen molar-refractivity contribution >= 4 is 17.6 Å². The molecule has 0 heterocycles. The van der Waals surface area contributed by atoms with Crippen LogP contribution in [-0.2, 0) is 6.54 Å². The molecule has 1 aromatic carbocycles. The van der Waals surface area contributed by atoms with Gasteiger partial charge in [0, 0.05) is 31.7 Å². The second-order valence-electron chi connectivity index (χ2n) is 4.18. The van der Waals surface area contributed by atoms with Crippen LogP contribution in [0, 0.1) is 0 Å². The van der Waals surface area contributed by atoms with Gasteiger partial charge >= 0.3 is 0 Å². The largest absolute Gasteiger partial charge is 0.357 e. The lowest BCUT2D eigenvalue weighted by atomic mass is 10.2. The minimum absolute atomic E-state index is 0.759. The first kappa shape index (κ1) is 14.8. The normalized spacial score (nSPS) is 11.4. The van der Waals surface area contributed by atoms with Crippen molar-refractivity contribution in [2.75, 3.05) is 20.1 Å². The molecule has 0 aliphatic rings. The summed E-state index contributed by atoms with van der Waals surface area (Å²) in [6, 6.07) is 7.91. The zero-order chi connectivity index (χ0) is 13.4. The van der Waals surface area contributed by atoms with Crippen LogP contribution in [0.5, 0.6) is 0 Å². The van der Waals surface area contributed by atoms with Gasteiger partial charge in [-0.15, -0.1) is 0 Å². The number of aliphatic imine (C=N–C) groups is 1. The number of nitrogens with one attached hydrogen (secondary N) is 1. The van der Waals surface area contributed by atoms with Gasteiger partial charge in [-0.3, -0.25) is 4.99 Å². The van der Waals surface area contributed by atoms with Crippen molar-refractivity contribution in [2.24, 2.45) is 4.99 Å². The van der Waals surface area contributed by atoms with E-state index in [1.165, 1.54) is 0 Å². The van der Waals surface area contributed by atoms with Crippen LogP contribution in [0.2, 0.25) is 5.02 Å². The van der Waals surface area contributed by atoms with Crippen molar-refractivity contribution in [1.82, 2.24) is 10.2 Å². The second kappa shape index (κ2) is 7.98. The first-order valence-electron chi connectivity index (χ1n) is 6.41. The summed E-state index contributed by atoms with van der Waals surface area (Å²) in [7, 11) is 2.03. The smallest absolute Gasteiger partial charge is 0.193 e. The van der Waals surface area contributed by atoms with Gasteiger partial charge in [0.05, 0.1) is 0 Å². The zero-order valence-electron chi connectivity index (χ0n) is 11.4. The molecule has 0 unspecified atom stereocenters. The summed E-state index contributed by atoms with van der Waals surface area (Å²) in [5.41, 5.74) is 1.11. The molecule has 1 rings (SSSR count). The van der Waals surface area contributed by atoms with Gasteiger partial charge in [-0.2, -0.15) is 0 Å². The molecule has 4 heteroatoms. The Labute approximate surface area is 115 Å². The van der Waals surface area contributed by atoms with Crippen molar-refractivity contribution in [3.05, 3.63) is 34.9 Å². The van der Waals surface area contributed by atoms with Gasteiger partial charge in [-0.1, -0.05) is 36.7 Å². The summed E-state index contributed by atoms with van der Waals surface area (Å²) in [4.78, 5) is 6.64. The van der Waals surface area contributed by atoms with Gasteiger partial charge in [-0.25, -0.2) is 0 Å². The van der Waals surface area contributed by atoms with E-state index in [1.807, 2.05) is 31.3 Å². The summed E-state index contributed by atoms with van der Waals surface area (Å²) < 4.78 is 0. The van der Waals surface area contributed by atoms with Gasteiger partial charge in [-0.05, 0) is 25.0 Å². The summed E-state index contributed by atoms with van der Waals surface area (Å²) >= 11 is 6.17. The molecule has 0 aliphatic carbocycles. The molecule has 0 bridgehead atoms. The Balaban J connectivity index is 2.72. The monoisotopic (exact) mass is 267 g/mol. The molecule has 0 amide bonds. The van der Waals surface area contributed by atoms with Gasteiger partial charge in [0.25, 0.3) is 0 Å². The highest BCUT2D eigenvalue weighted by Gasteiger charge is 2.07. The van der Waals surface area contributed by atoms with Crippen molar-refractivity contribution < 1.29 is 0 Å². The van der Waals surface area contributed by atoms with Crippen molar-refractivity contribution in [2.45, 2.75) is 26.8 Å². The van der Waals surface area contributed by atoms with Crippen molar-refractivity contribution in [3.8, 4) is 0 Å². The minimum Gasteiger partial charge on any atom is -0.357 e. The third-order valence-electron chi connectivity index (χ3n) is 2.55. The highest BCUT2D eigenvalue weighted by molar-refractivity contribution is 6.31. The van der Waals surface area contributed by atoms with Gasteiger partial charge in [0.1, 0.15) is 0 Å². The van der Waals surface area contributed by atoms with Crippen LogP contribution in [0.25, 0.3) is 0 Å². The van der Waals surface area contributed by atoms with E-state index in [2.05, 4.69) is 29.1 Å². The molecule has 0 saturated heterocycles. The van der Waals surface area contributed by atoms with E-state index in [4.69, 9.17) is 11.6 Å². The van der Waals surface area contributed by atoms with Gasteiger partial charge < -0.3 is 10.2 Å². The summed E-state index contributed by atoms with van der Waals surface area (Å²) in [5.74, 6) is 0.930. The zero-order valence-corrected chi connectivity index (χ0v) is 12.2. The molecule has 100 valence electrons. The van der Waals surface area contributed by atoms with Crippen LogP contribution in [-0.4, -0.2) is 31.0 Å². The molecule has 1 aromatic rings. The predicted octanol–water partition coefficient (Wildman–Crippen LogP) is 3.15. The fourth-order valence-electron chi connectivity index (χ4n) is 1.64. The molecule has 0 aromatic heterocycles. The minimum atomic E-state index is 0.759. The Hall–Kier alpha value is -1.22. The molecule has 0 fully saturated rings. The van der Waals surface area contributed by atoms with E-state index in [1.54, 1.807) is 0 Å². The summed E-state index contributed by atoms with van der Waals surface area (Å²) in [5, 5.41) is 4.09. The fourth-order valence-corrected chi connectivity index (χ4v) is 1.84. The van der Waals surface area contributed by atoms with Gasteiger partial charge in [0.15, 0.2) is 5.96 Å². The van der Waals surface area contributed by atoms with E-state index in [9.17, 15) is 0 Å². The predicted molar refractivity (Wildman–Crippen MR) is 79.2 cm³/mol. The molecule has 3 nitrogen and oxygen atoms in total. The summed E-state index contributed by atoms with van der Waals surface area (Å²) in [6.07, 6.45) is 1.05. The van der Waals surface area contributed by atoms with Crippen LogP contribution >= 0.6 is 11.6 Å². The molecule has 0 atom stereocenters. The lowest BCUT2D eigenvalue weighted by molar-refractivity contribution is 0.477. The highest BCUT2D eigenvalue weighted by Crippen LogP contribution is 2.16. The third-order valence-corrected chi connectivity index (χ3v) is 2.92. The maximum atomic E-state index is 6.17. The second-order valence-corrected chi connectivity index (χ2v) is 4.59. The number of nitrogens with zero attached hydrogens (tertiary/aromatic N) is 2. The number of benzene rings is 1. The number of guanidine groups is 1.